The summed E-state index contributed by atoms with van der Waals surface area (Å²) >= 11 is 0. The molecule has 7 heteroatoms. The van der Waals surface area contributed by atoms with Crippen LogP contribution in [-0.2, 0) is 19.0 Å². The lowest BCUT2D eigenvalue weighted by atomic mass is 9.93. The van der Waals surface area contributed by atoms with E-state index in [2.05, 4.69) is 4.74 Å². The Labute approximate surface area is 98.9 Å². The Kier molecular flexibility index (Phi) is 5.29. The van der Waals surface area contributed by atoms with Crippen LogP contribution in [0.3, 0.4) is 0 Å². The van der Waals surface area contributed by atoms with E-state index in [1.54, 1.807) is 0 Å². The molecule has 7 nitrogen and oxygen atoms in total. The maximum atomic E-state index is 11.2. The van der Waals surface area contributed by atoms with Crippen molar-refractivity contribution < 1.29 is 34.3 Å². The Hall–Kier alpha value is -0.730. The maximum absolute atomic E-state index is 11.2. The summed E-state index contributed by atoms with van der Waals surface area (Å²) in [7, 11) is 2.58. The van der Waals surface area contributed by atoms with Crippen molar-refractivity contribution in [3.05, 3.63) is 0 Å². The number of ether oxygens (including phenoxy) is 3. The van der Waals surface area contributed by atoms with Gasteiger partial charge in [-0.3, -0.25) is 4.79 Å². The van der Waals surface area contributed by atoms with E-state index in [0.717, 1.165) is 0 Å². The number of rotatable bonds is 4. The number of esters is 1. The summed E-state index contributed by atoms with van der Waals surface area (Å²) in [5.41, 5.74) is 0. The third-order valence-corrected chi connectivity index (χ3v) is 2.83. The number of aliphatic hydroxyl groups excluding tert-OH is 3. The van der Waals surface area contributed by atoms with Gasteiger partial charge in [0.1, 0.15) is 24.4 Å². The monoisotopic (exact) mass is 250 g/mol. The van der Waals surface area contributed by atoms with Crippen molar-refractivity contribution in [2.75, 3.05) is 20.8 Å². The van der Waals surface area contributed by atoms with Crippen LogP contribution in [0.4, 0.5) is 0 Å². The lowest BCUT2D eigenvalue weighted by molar-refractivity contribution is -0.237. The largest absolute Gasteiger partial charge is 0.469 e. The standard InChI is InChI=1S/C10H18O7/c1-15-7(12)3-5-10(16-2)9(14)8(13)6(4-11)17-5/h5-6,8-11,13-14H,3-4H2,1-2H3/t5-,6-,8+,9+,10-/m0/s1. The molecular formula is C10H18O7. The second-order valence-corrected chi connectivity index (χ2v) is 3.86. The maximum Gasteiger partial charge on any atom is 0.308 e. The van der Waals surface area contributed by atoms with Crippen molar-refractivity contribution in [1.29, 1.82) is 0 Å². The zero-order valence-electron chi connectivity index (χ0n) is 9.78. The van der Waals surface area contributed by atoms with Gasteiger partial charge in [0, 0.05) is 7.11 Å². The summed E-state index contributed by atoms with van der Waals surface area (Å²) in [6, 6.07) is 0. The van der Waals surface area contributed by atoms with E-state index in [1.165, 1.54) is 14.2 Å². The predicted molar refractivity (Wildman–Crippen MR) is 55.2 cm³/mol. The molecule has 0 saturated carbocycles. The predicted octanol–water partition coefficient (Wildman–Crippen LogP) is -1.95. The smallest absolute Gasteiger partial charge is 0.308 e. The van der Waals surface area contributed by atoms with Crippen molar-refractivity contribution in [2.45, 2.75) is 36.9 Å². The molecule has 1 heterocycles. The molecule has 3 N–H and O–H groups in total. The molecule has 0 spiro atoms. The van der Waals surface area contributed by atoms with Gasteiger partial charge in [0.2, 0.25) is 0 Å². The molecule has 0 aromatic heterocycles. The van der Waals surface area contributed by atoms with E-state index in [-0.39, 0.29) is 6.42 Å². The topological polar surface area (TPSA) is 105 Å². The molecule has 0 amide bonds. The second-order valence-electron chi connectivity index (χ2n) is 3.86. The summed E-state index contributed by atoms with van der Waals surface area (Å²) in [6.45, 7) is -0.452. The van der Waals surface area contributed by atoms with E-state index in [9.17, 15) is 15.0 Å². The molecule has 0 aromatic carbocycles. The first-order chi connectivity index (χ1) is 8.04. The van der Waals surface area contributed by atoms with Gasteiger partial charge < -0.3 is 29.5 Å². The fourth-order valence-corrected chi connectivity index (χ4v) is 1.87. The average Bonchev–Trinajstić information content (AvgIpc) is 2.33. The van der Waals surface area contributed by atoms with Crippen LogP contribution in [0.25, 0.3) is 0 Å². The van der Waals surface area contributed by atoms with E-state index in [1.807, 2.05) is 0 Å². The molecule has 0 aliphatic carbocycles. The number of carbonyl (C=O) groups excluding carboxylic acids is 1. The molecule has 1 fully saturated rings. The second kappa shape index (κ2) is 6.27. The summed E-state index contributed by atoms with van der Waals surface area (Å²) in [4.78, 5) is 11.2. The zero-order chi connectivity index (χ0) is 13.0. The van der Waals surface area contributed by atoms with Gasteiger partial charge in [0.05, 0.1) is 26.2 Å². The summed E-state index contributed by atoms with van der Waals surface area (Å²) in [5, 5.41) is 28.4. The Morgan fingerprint density at radius 1 is 1.24 bits per heavy atom. The van der Waals surface area contributed by atoms with Gasteiger partial charge in [-0.1, -0.05) is 0 Å². The van der Waals surface area contributed by atoms with E-state index in [0.29, 0.717) is 0 Å². The molecular weight excluding hydrogens is 232 g/mol. The van der Waals surface area contributed by atoms with Crippen molar-refractivity contribution >= 4 is 5.97 Å². The first kappa shape index (κ1) is 14.3. The minimum Gasteiger partial charge on any atom is -0.469 e. The highest BCUT2D eigenvalue weighted by Gasteiger charge is 2.45. The average molecular weight is 250 g/mol. The van der Waals surface area contributed by atoms with Gasteiger partial charge in [-0.25, -0.2) is 0 Å². The SMILES string of the molecule is COC(=O)C[C@@H]1O[C@@H](CO)[C@@H](O)[C@@H](O)[C@H]1OC. The highest BCUT2D eigenvalue weighted by molar-refractivity contribution is 5.69. The molecule has 1 rings (SSSR count). The summed E-state index contributed by atoms with van der Waals surface area (Å²) in [6.07, 6.45) is -5.13. The molecule has 1 aliphatic heterocycles. The van der Waals surface area contributed by atoms with Crippen LogP contribution in [-0.4, -0.2) is 72.6 Å². The van der Waals surface area contributed by atoms with Crippen LogP contribution >= 0.6 is 0 Å². The summed E-state index contributed by atoms with van der Waals surface area (Å²) in [5.74, 6) is -0.516. The lowest BCUT2D eigenvalue weighted by Crippen LogP contribution is -2.59. The highest BCUT2D eigenvalue weighted by Crippen LogP contribution is 2.25. The molecule has 17 heavy (non-hydrogen) atoms. The van der Waals surface area contributed by atoms with Gasteiger partial charge in [0.25, 0.3) is 0 Å². The molecule has 0 aromatic rings. The lowest BCUT2D eigenvalue weighted by Gasteiger charge is -2.41. The normalized spacial score (nSPS) is 37.8. The fraction of sp³-hybridized carbons (Fsp3) is 0.900. The van der Waals surface area contributed by atoms with Crippen molar-refractivity contribution in [2.24, 2.45) is 0 Å². The number of hydrogen-bond donors (Lipinski definition) is 3. The van der Waals surface area contributed by atoms with Crippen molar-refractivity contribution in [3.63, 3.8) is 0 Å². The quantitative estimate of drug-likeness (QED) is 0.498. The molecule has 1 saturated heterocycles. The Morgan fingerprint density at radius 2 is 1.88 bits per heavy atom. The van der Waals surface area contributed by atoms with E-state index < -0.39 is 43.1 Å². The number of methoxy groups -OCH3 is 2. The Bertz CT molecular complexity index is 257. The molecule has 0 unspecified atom stereocenters. The number of hydrogen-bond acceptors (Lipinski definition) is 7. The van der Waals surface area contributed by atoms with Gasteiger partial charge in [-0.15, -0.1) is 0 Å². The molecule has 0 bridgehead atoms. The minimum absolute atomic E-state index is 0.116. The van der Waals surface area contributed by atoms with E-state index >= 15 is 0 Å². The minimum atomic E-state index is -1.25. The Balaban J connectivity index is 2.75. The van der Waals surface area contributed by atoms with Gasteiger partial charge >= 0.3 is 5.97 Å². The van der Waals surface area contributed by atoms with Gasteiger partial charge in [0.15, 0.2) is 0 Å². The number of aliphatic hydroxyl groups is 3. The molecule has 1 aliphatic rings. The van der Waals surface area contributed by atoms with E-state index in [4.69, 9.17) is 14.6 Å². The molecule has 0 radical (unpaired) electrons. The third kappa shape index (κ3) is 3.14. The molecule has 100 valence electrons. The van der Waals surface area contributed by atoms with Crippen LogP contribution in [0.1, 0.15) is 6.42 Å². The van der Waals surface area contributed by atoms with Gasteiger partial charge in [-0.05, 0) is 0 Å². The first-order valence-corrected chi connectivity index (χ1v) is 5.27. The number of carbonyl (C=O) groups is 1. The van der Waals surface area contributed by atoms with Crippen LogP contribution in [0.5, 0.6) is 0 Å². The van der Waals surface area contributed by atoms with Crippen LogP contribution in [0, 0.1) is 0 Å². The molecule has 5 atom stereocenters. The van der Waals surface area contributed by atoms with Crippen molar-refractivity contribution in [1.82, 2.24) is 0 Å². The van der Waals surface area contributed by atoms with Crippen LogP contribution in [0.15, 0.2) is 0 Å². The van der Waals surface area contributed by atoms with Crippen LogP contribution < -0.4 is 0 Å². The first-order valence-electron chi connectivity index (χ1n) is 5.27. The third-order valence-electron chi connectivity index (χ3n) is 2.83. The summed E-state index contributed by atoms with van der Waals surface area (Å²) < 4.78 is 14.8. The van der Waals surface area contributed by atoms with Gasteiger partial charge in [-0.2, -0.15) is 0 Å². The van der Waals surface area contributed by atoms with Crippen LogP contribution in [0.2, 0.25) is 0 Å². The zero-order valence-corrected chi connectivity index (χ0v) is 9.78. The Morgan fingerprint density at radius 3 is 2.35 bits per heavy atom. The van der Waals surface area contributed by atoms with Crippen molar-refractivity contribution in [3.8, 4) is 0 Å². The highest BCUT2D eigenvalue weighted by atomic mass is 16.6. The fourth-order valence-electron chi connectivity index (χ4n) is 1.87.